The van der Waals surface area contributed by atoms with Crippen molar-refractivity contribution < 1.29 is 14.0 Å². The molecular formula is C17H24FN3O2. The van der Waals surface area contributed by atoms with Gasteiger partial charge in [-0.05, 0) is 44.9 Å². The number of rotatable bonds is 4. The van der Waals surface area contributed by atoms with Crippen LogP contribution in [0.25, 0.3) is 0 Å². The van der Waals surface area contributed by atoms with Gasteiger partial charge in [0.25, 0.3) is 0 Å². The second kappa shape index (κ2) is 6.98. The Morgan fingerprint density at radius 3 is 2.74 bits per heavy atom. The number of carbonyl (C=O) groups excluding carboxylic acids is 2. The third kappa shape index (κ3) is 4.94. The fraction of sp³-hybridized carbons (Fsp3) is 0.529. The molecule has 5 nitrogen and oxygen atoms in total. The molecule has 1 aliphatic rings. The summed E-state index contributed by atoms with van der Waals surface area (Å²) in [4.78, 5) is 25.6. The minimum Gasteiger partial charge on any atom is -0.338 e. The van der Waals surface area contributed by atoms with Crippen molar-refractivity contribution in [3.05, 3.63) is 35.6 Å². The van der Waals surface area contributed by atoms with E-state index in [0.29, 0.717) is 25.9 Å². The molecule has 0 saturated carbocycles. The smallest absolute Gasteiger partial charge is 0.315 e. The van der Waals surface area contributed by atoms with Crippen LogP contribution in [-0.4, -0.2) is 41.5 Å². The molecule has 0 aromatic heterocycles. The number of likely N-dealkylation sites (tertiary alicyclic amines) is 1. The lowest BCUT2D eigenvalue weighted by molar-refractivity contribution is -0.131. The maximum atomic E-state index is 13.1. The van der Waals surface area contributed by atoms with E-state index < -0.39 is 0 Å². The molecule has 0 aliphatic carbocycles. The quantitative estimate of drug-likeness (QED) is 0.892. The van der Waals surface area contributed by atoms with Gasteiger partial charge in [0.05, 0.1) is 6.04 Å². The van der Waals surface area contributed by atoms with E-state index in [4.69, 9.17) is 0 Å². The lowest BCUT2D eigenvalue weighted by atomic mass is 10.1. The molecule has 1 saturated heterocycles. The van der Waals surface area contributed by atoms with Crippen molar-refractivity contribution in [3.8, 4) is 0 Å². The van der Waals surface area contributed by atoms with E-state index in [9.17, 15) is 14.0 Å². The molecule has 1 atom stereocenters. The van der Waals surface area contributed by atoms with Crippen LogP contribution in [0.15, 0.2) is 24.3 Å². The molecule has 1 aromatic rings. The molecule has 0 spiro atoms. The third-order valence-electron chi connectivity index (χ3n) is 3.86. The van der Waals surface area contributed by atoms with Crippen LogP contribution < -0.4 is 10.6 Å². The fourth-order valence-corrected chi connectivity index (χ4v) is 2.70. The molecule has 0 radical (unpaired) electrons. The van der Waals surface area contributed by atoms with Crippen LogP contribution in [0.3, 0.4) is 0 Å². The van der Waals surface area contributed by atoms with Crippen LogP contribution >= 0.6 is 0 Å². The number of benzene rings is 1. The topological polar surface area (TPSA) is 61.4 Å². The summed E-state index contributed by atoms with van der Waals surface area (Å²) in [5.41, 5.74) is 0.599. The first-order valence-electron chi connectivity index (χ1n) is 7.85. The predicted molar refractivity (Wildman–Crippen MR) is 86.5 cm³/mol. The molecule has 126 valence electrons. The first kappa shape index (κ1) is 17.2. The molecule has 1 heterocycles. The van der Waals surface area contributed by atoms with E-state index in [1.807, 2.05) is 26.8 Å². The van der Waals surface area contributed by atoms with Gasteiger partial charge in [0.15, 0.2) is 0 Å². The average molecular weight is 321 g/mol. The van der Waals surface area contributed by atoms with Crippen LogP contribution in [0.1, 0.15) is 32.8 Å². The summed E-state index contributed by atoms with van der Waals surface area (Å²) in [5, 5.41) is 5.57. The second-order valence-electron chi connectivity index (χ2n) is 6.86. The second-order valence-corrected chi connectivity index (χ2v) is 6.86. The van der Waals surface area contributed by atoms with Gasteiger partial charge in [-0.2, -0.15) is 0 Å². The Kier molecular flexibility index (Phi) is 5.23. The lowest BCUT2D eigenvalue weighted by Crippen LogP contribution is -2.46. The van der Waals surface area contributed by atoms with E-state index in [-0.39, 0.29) is 29.3 Å². The van der Waals surface area contributed by atoms with Gasteiger partial charge >= 0.3 is 6.03 Å². The summed E-state index contributed by atoms with van der Waals surface area (Å²) in [6.07, 6.45) is 0.886. The Balaban J connectivity index is 1.74. The average Bonchev–Trinajstić information content (AvgIpc) is 2.79. The van der Waals surface area contributed by atoms with E-state index in [2.05, 4.69) is 10.6 Å². The molecule has 2 N–H and O–H groups in total. The van der Waals surface area contributed by atoms with Gasteiger partial charge in [-0.3, -0.25) is 4.79 Å². The van der Waals surface area contributed by atoms with Gasteiger partial charge < -0.3 is 15.5 Å². The Morgan fingerprint density at radius 2 is 2.13 bits per heavy atom. The number of amides is 3. The minimum atomic E-state index is -0.296. The third-order valence-corrected chi connectivity index (χ3v) is 3.86. The molecule has 2 rings (SSSR count). The van der Waals surface area contributed by atoms with E-state index in [1.54, 1.807) is 11.0 Å². The van der Waals surface area contributed by atoms with Crippen LogP contribution in [0.4, 0.5) is 9.18 Å². The Labute approximate surface area is 136 Å². The molecular weight excluding hydrogens is 297 g/mol. The Hall–Kier alpha value is -2.11. The standard InChI is InChI=1S/C17H24FN3O2/c1-17(2,3)21-11-14(10-15(21)22)20-16(23)19-8-7-12-5-4-6-13(18)9-12/h4-6,9,14H,7-8,10-11H2,1-3H3,(H2,19,20,23). The number of nitrogens with one attached hydrogen (secondary N) is 2. The molecule has 1 fully saturated rings. The number of nitrogens with zero attached hydrogens (tertiary/aromatic N) is 1. The highest BCUT2D eigenvalue weighted by atomic mass is 19.1. The van der Waals surface area contributed by atoms with Crippen molar-refractivity contribution in [2.24, 2.45) is 0 Å². The number of hydrogen-bond acceptors (Lipinski definition) is 2. The number of urea groups is 1. The van der Waals surface area contributed by atoms with E-state index >= 15 is 0 Å². The predicted octanol–water partition coefficient (Wildman–Crippen LogP) is 2.07. The monoisotopic (exact) mass is 321 g/mol. The maximum absolute atomic E-state index is 13.1. The molecule has 1 aromatic carbocycles. The largest absolute Gasteiger partial charge is 0.338 e. The van der Waals surface area contributed by atoms with Gasteiger partial charge in [-0.25, -0.2) is 9.18 Å². The molecule has 3 amide bonds. The molecule has 23 heavy (non-hydrogen) atoms. The van der Waals surface area contributed by atoms with Crippen molar-refractivity contribution in [2.45, 2.75) is 45.2 Å². The number of carbonyl (C=O) groups is 2. The number of halogens is 1. The van der Waals surface area contributed by atoms with Gasteiger partial charge in [0.2, 0.25) is 5.91 Å². The molecule has 1 aliphatic heterocycles. The highest BCUT2D eigenvalue weighted by Gasteiger charge is 2.36. The summed E-state index contributed by atoms with van der Waals surface area (Å²) >= 11 is 0. The van der Waals surface area contributed by atoms with Crippen molar-refractivity contribution in [3.63, 3.8) is 0 Å². The van der Waals surface area contributed by atoms with Crippen LogP contribution in [0.5, 0.6) is 0 Å². The first-order valence-corrected chi connectivity index (χ1v) is 7.85. The van der Waals surface area contributed by atoms with Gasteiger partial charge in [-0.15, -0.1) is 0 Å². The van der Waals surface area contributed by atoms with Crippen molar-refractivity contribution in [1.29, 1.82) is 0 Å². The van der Waals surface area contributed by atoms with Crippen molar-refractivity contribution in [2.75, 3.05) is 13.1 Å². The Bertz CT molecular complexity index is 583. The summed E-state index contributed by atoms with van der Waals surface area (Å²) in [6.45, 7) is 6.88. The molecule has 1 unspecified atom stereocenters. The first-order chi connectivity index (χ1) is 10.8. The fourth-order valence-electron chi connectivity index (χ4n) is 2.70. The zero-order valence-electron chi connectivity index (χ0n) is 13.9. The summed E-state index contributed by atoms with van der Waals surface area (Å²) < 4.78 is 13.1. The minimum absolute atomic E-state index is 0.0579. The van der Waals surface area contributed by atoms with Crippen LogP contribution in [0, 0.1) is 5.82 Å². The van der Waals surface area contributed by atoms with Crippen molar-refractivity contribution in [1.82, 2.24) is 15.5 Å². The number of hydrogen-bond donors (Lipinski definition) is 2. The van der Waals surface area contributed by atoms with E-state index in [1.165, 1.54) is 12.1 Å². The van der Waals surface area contributed by atoms with Gasteiger partial charge in [0, 0.05) is 25.0 Å². The van der Waals surface area contributed by atoms with Crippen LogP contribution in [0.2, 0.25) is 0 Å². The van der Waals surface area contributed by atoms with Crippen LogP contribution in [-0.2, 0) is 11.2 Å². The highest BCUT2D eigenvalue weighted by molar-refractivity contribution is 5.82. The van der Waals surface area contributed by atoms with Crippen molar-refractivity contribution >= 4 is 11.9 Å². The molecule has 6 heteroatoms. The van der Waals surface area contributed by atoms with Gasteiger partial charge in [0.1, 0.15) is 5.82 Å². The molecule has 0 bridgehead atoms. The lowest BCUT2D eigenvalue weighted by Gasteiger charge is -2.32. The normalized spacial score (nSPS) is 18.2. The SMILES string of the molecule is CC(C)(C)N1CC(NC(=O)NCCc2cccc(F)c2)CC1=O. The zero-order chi connectivity index (χ0) is 17.0. The summed E-state index contributed by atoms with van der Waals surface area (Å²) in [5.74, 6) is -0.221. The zero-order valence-corrected chi connectivity index (χ0v) is 13.9. The van der Waals surface area contributed by atoms with Gasteiger partial charge in [-0.1, -0.05) is 12.1 Å². The Morgan fingerprint density at radius 1 is 1.39 bits per heavy atom. The highest BCUT2D eigenvalue weighted by Crippen LogP contribution is 2.21. The van der Waals surface area contributed by atoms with E-state index in [0.717, 1.165) is 5.56 Å². The maximum Gasteiger partial charge on any atom is 0.315 e. The summed E-state index contributed by atoms with van der Waals surface area (Å²) in [6, 6.07) is 5.85. The summed E-state index contributed by atoms with van der Waals surface area (Å²) in [7, 11) is 0.